The number of benzene rings is 1. The molecule has 0 aromatic heterocycles. The number of ether oxygens (including phenoxy) is 1. The van der Waals surface area contributed by atoms with Crippen molar-refractivity contribution in [2.75, 3.05) is 25.5 Å². The first-order valence-corrected chi connectivity index (χ1v) is 10.0. The van der Waals surface area contributed by atoms with Crippen molar-refractivity contribution in [1.82, 2.24) is 10.0 Å². The number of rotatable bonds is 6. The molecule has 1 aromatic carbocycles. The van der Waals surface area contributed by atoms with Crippen molar-refractivity contribution < 1.29 is 17.9 Å². The third kappa shape index (κ3) is 4.55. The van der Waals surface area contributed by atoms with Crippen molar-refractivity contribution >= 4 is 34.0 Å². The summed E-state index contributed by atoms with van der Waals surface area (Å²) in [5, 5.41) is 6.03. The molecule has 1 aliphatic carbocycles. The van der Waals surface area contributed by atoms with Crippen LogP contribution in [0.15, 0.2) is 23.1 Å². The number of carbonyl (C=O) groups is 1. The van der Waals surface area contributed by atoms with Gasteiger partial charge in [-0.1, -0.05) is 6.07 Å². The highest BCUT2D eigenvalue weighted by Crippen LogP contribution is 2.27. The summed E-state index contributed by atoms with van der Waals surface area (Å²) in [4.78, 5) is 12.9. The van der Waals surface area contributed by atoms with Crippen LogP contribution in [0.25, 0.3) is 0 Å². The Morgan fingerprint density at radius 3 is 2.50 bits per heavy atom. The minimum absolute atomic E-state index is 0. The summed E-state index contributed by atoms with van der Waals surface area (Å²) in [6.45, 7) is 3.16. The summed E-state index contributed by atoms with van der Waals surface area (Å²) in [6, 6.07) is 4.98. The minimum atomic E-state index is -3.57. The first kappa shape index (κ1) is 21.1. The van der Waals surface area contributed by atoms with Crippen molar-refractivity contribution in [1.29, 1.82) is 0 Å². The van der Waals surface area contributed by atoms with Gasteiger partial charge in [0.25, 0.3) is 5.91 Å². The highest BCUT2D eigenvalue weighted by molar-refractivity contribution is 7.89. The van der Waals surface area contributed by atoms with Gasteiger partial charge in [-0.3, -0.25) is 4.79 Å². The topological polar surface area (TPSA) is 96.5 Å². The molecule has 1 aliphatic heterocycles. The molecule has 9 heteroatoms. The van der Waals surface area contributed by atoms with Crippen molar-refractivity contribution in [3.63, 3.8) is 0 Å². The summed E-state index contributed by atoms with van der Waals surface area (Å²) in [7, 11) is -2.04. The van der Waals surface area contributed by atoms with Gasteiger partial charge in [-0.05, 0) is 63.4 Å². The Balaban J connectivity index is 0.00000243. The van der Waals surface area contributed by atoms with Gasteiger partial charge in [0.05, 0.1) is 4.90 Å². The number of nitrogens with one attached hydrogen (secondary N) is 3. The molecule has 3 rings (SSSR count). The van der Waals surface area contributed by atoms with Crippen molar-refractivity contribution in [2.24, 2.45) is 0 Å². The molecule has 0 bridgehead atoms. The van der Waals surface area contributed by atoms with E-state index in [4.69, 9.17) is 4.74 Å². The molecule has 0 radical (unpaired) electrons. The molecule has 1 aromatic rings. The number of aryl methyl sites for hydroxylation is 1. The molecule has 3 N–H and O–H groups in total. The van der Waals surface area contributed by atoms with E-state index in [-0.39, 0.29) is 29.3 Å². The number of sulfonamides is 1. The van der Waals surface area contributed by atoms with E-state index in [1.165, 1.54) is 13.2 Å². The maximum atomic E-state index is 12.7. The second-order valence-electron chi connectivity index (χ2n) is 6.78. The zero-order valence-electron chi connectivity index (χ0n) is 15.0. The summed E-state index contributed by atoms with van der Waals surface area (Å²) < 4.78 is 33.2. The Morgan fingerprint density at radius 2 is 1.92 bits per heavy atom. The van der Waals surface area contributed by atoms with E-state index in [0.717, 1.165) is 12.8 Å². The van der Waals surface area contributed by atoms with Crippen LogP contribution in [-0.2, 0) is 19.6 Å². The van der Waals surface area contributed by atoms with Gasteiger partial charge >= 0.3 is 0 Å². The van der Waals surface area contributed by atoms with Crippen LogP contribution in [0.3, 0.4) is 0 Å². The van der Waals surface area contributed by atoms with Gasteiger partial charge in [0.15, 0.2) is 0 Å². The lowest BCUT2D eigenvalue weighted by molar-refractivity contribution is -0.140. The molecular formula is C17H26ClN3O4S. The van der Waals surface area contributed by atoms with Crippen LogP contribution in [0.1, 0.15) is 31.2 Å². The maximum Gasteiger partial charge on any atom is 0.256 e. The molecule has 1 saturated heterocycles. The summed E-state index contributed by atoms with van der Waals surface area (Å²) in [5.74, 6) is -0.237. The Morgan fingerprint density at radius 1 is 1.27 bits per heavy atom. The highest BCUT2D eigenvalue weighted by atomic mass is 35.5. The Labute approximate surface area is 160 Å². The average molecular weight is 404 g/mol. The van der Waals surface area contributed by atoms with Crippen LogP contribution >= 0.6 is 12.4 Å². The zero-order valence-corrected chi connectivity index (χ0v) is 16.6. The third-order valence-corrected chi connectivity index (χ3v) is 6.51. The van der Waals surface area contributed by atoms with Gasteiger partial charge in [-0.25, -0.2) is 13.1 Å². The molecular weight excluding hydrogens is 378 g/mol. The van der Waals surface area contributed by atoms with Crippen molar-refractivity contribution in [3.8, 4) is 0 Å². The summed E-state index contributed by atoms with van der Waals surface area (Å²) in [6.07, 6.45) is 2.91. The lowest BCUT2D eigenvalue weighted by atomic mass is 9.91. The number of hydrogen-bond donors (Lipinski definition) is 3. The quantitative estimate of drug-likeness (QED) is 0.669. The first-order valence-electron chi connectivity index (χ1n) is 8.57. The van der Waals surface area contributed by atoms with Gasteiger partial charge in [0.2, 0.25) is 10.0 Å². The van der Waals surface area contributed by atoms with E-state index in [9.17, 15) is 13.2 Å². The van der Waals surface area contributed by atoms with Gasteiger partial charge in [-0.15, -0.1) is 12.4 Å². The van der Waals surface area contributed by atoms with Gasteiger partial charge in [0.1, 0.15) is 5.60 Å². The molecule has 1 heterocycles. The van der Waals surface area contributed by atoms with Crippen molar-refractivity contribution in [2.45, 2.75) is 49.1 Å². The van der Waals surface area contributed by atoms with E-state index in [1.807, 2.05) is 0 Å². The molecule has 0 spiro atoms. The molecule has 1 saturated carbocycles. The lowest BCUT2D eigenvalue weighted by Crippen LogP contribution is -2.51. The summed E-state index contributed by atoms with van der Waals surface area (Å²) in [5.41, 5.74) is 0.234. The van der Waals surface area contributed by atoms with Crippen molar-refractivity contribution in [3.05, 3.63) is 23.8 Å². The van der Waals surface area contributed by atoms with E-state index < -0.39 is 15.6 Å². The fourth-order valence-electron chi connectivity index (χ4n) is 3.05. The molecule has 1 amide bonds. The monoisotopic (exact) mass is 403 g/mol. The predicted molar refractivity (Wildman–Crippen MR) is 102 cm³/mol. The third-order valence-electron chi connectivity index (χ3n) is 4.85. The van der Waals surface area contributed by atoms with Crippen LogP contribution < -0.4 is 15.4 Å². The van der Waals surface area contributed by atoms with E-state index in [0.29, 0.717) is 37.2 Å². The van der Waals surface area contributed by atoms with Gasteiger partial charge in [0, 0.05) is 18.8 Å². The molecule has 0 unspecified atom stereocenters. The molecule has 7 nitrogen and oxygen atoms in total. The average Bonchev–Trinajstić information content (AvgIpc) is 3.40. The Hall–Kier alpha value is -1.19. The molecule has 0 atom stereocenters. The molecule has 146 valence electrons. The SMILES string of the molecule is COC1(C(=O)Nc2ccc(C)c(S(=O)(=O)NC3CC3)c2)CCNCC1.Cl. The second-order valence-corrected chi connectivity index (χ2v) is 8.46. The zero-order chi connectivity index (χ0) is 18.1. The van der Waals surface area contributed by atoms with Crippen LogP contribution in [0.4, 0.5) is 5.69 Å². The number of amides is 1. The second kappa shape index (κ2) is 8.22. The number of hydrogen-bond acceptors (Lipinski definition) is 5. The standard InChI is InChI=1S/C17H25N3O4S.ClH/c1-12-3-4-14(11-15(12)25(22,23)20-13-5-6-13)19-16(21)17(24-2)7-9-18-10-8-17;/h3-4,11,13,18,20H,5-10H2,1-2H3,(H,19,21);1H. The maximum absolute atomic E-state index is 12.7. The van der Waals surface area contributed by atoms with Gasteiger partial charge in [-0.2, -0.15) is 0 Å². The number of methoxy groups -OCH3 is 1. The smallest absolute Gasteiger partial charge is 0.256 e. The number of carbonyl (C=O) groups excluding carboxylic acids is 1. The van der Waals surface area contributed by atoms with Crippen LogP contribution in [0.5, 0.6) is 0 Å². The van der Waals surface area contributed by atoms with E-state index in [2.05, 4.69) is 15.4 Å². The number of piperidine rings is 1. The Kier molecular flexibility index (Phi) is 6.68. The largest absolute Gasteiger partial charge is 0.368 e. The minimum Gasteiger partial charge on any atom is -0.368 e. The normalized spacial score (nSPS) is 19.5. The number of anilines is 1. The fourth-order valence-corrected chi connectivity index (χ4v) is 4.63. The molecule has 2 aliphatic rings. The fraction of sp³-hybridized carbons (Fsp3) is 0.588. The lowest BCUT2D eigenvalue weighted by Gasteiger charge is -2.34. The number of halogens is 1. The van der Waals surface area contributed by atoms with Gasteiger partial charge < -0.3 is 15.4 Å². The predicted octanol–water partition coefficient (Wildman–Crippen LogP) is 1.56. The molecule has 26 heavy (non-hydrogen) atoms. The summed E-state index contributed by atoms with van der Waals surface area (Å²) >= 11 is 0. The van der Waals surface area contributed by atoms with Crippen LogP contribution in [-0.4, -0.2) is 46.2 Å². The molecule has 2 fully saturated rings. The van der Waals surface area contributed by atoms with Crippen LogP contribution in [0.2, 0.25) is 0 Å². The Bertz CT molecular complexity index is 759. The first-order chi connectivity index (χ1) is 11.9. The van der Waals surface area contributed by atoms with E-state index in [1.54, 1.807) is 19.1 Å². The van der Waals surface area contributed by atoms with E-state index >= 15 is 0 Å². The highest BCUT2D eigenvalue weighted by Gasteiger charge is 2.39. The van der Waals surface area contributed by atoms with Crippen LogP contribution in [0, 0.1) is 6.92 Å².